The van der Waals surface area contributed by atoms with Crippen LogP contribution in [0.1, 0.15) is 37.1 Å². The molecule has 10 nitrogen and oxygen atoms in total. The van der Waals surface area contributed by atoms with Crippen LogP contribution in [0.2, 0.25) is 5.28 Å². The smallest absolute Gasteiger partial charge is 0.329 e. The molecule has 1 N–H and O–H groups in total. The molecule has 1 atom stereocenters. The number of pyridine rings is 1. The van der Waals surface area contributed by atoms with Gasteiger partial charge in [0.1, 0.15) is 18.0 Å². The average molecular weight is 438 g/mol. The number of ether oxygens (including phenoxy) is 1. The SMILES string of the molecule is COc1c(C)cnc(CN(c2nc(Cl)ncc2[N+](=O)[O-])[C@H](CC(C)C)C(=O)O)c1C. The van der Waals surface area contributed by atoms with Crippen LogP contribution in [0, 0.1) is 29.9 Å². The number of carboxylic acid groups (broad SMARTS) is 1. The third kappa shape index (κ3) is 5.12. The zero-order valence-electron chi connectivity index (χ0n) is 17.4. The summed E-state index contributed by atoms with van der Waals surface area (Å²) in [6.07, 6.45) is 2.82. The summed E-state index contributed by atoms with van der Waals surface area (Å²) in [4.78, 5) is 36.5. The number of aryl methyl sites for hydroxylation is 1. The second-order valence-corrected chi connectivity index (χ2v) is 7.60. The highest BCUT2D eigenvalue weighted by atomic mass is 35.5. The zero-order valence-corrected chi connectivity index (χ0v) is 18.2. The van der Waals surface area contributed by atoms with Crippen molar-refractivity contribution in [1.29, 1.82) is 0 Å². The first kappa shape index (κ1) is 23.3. The Bertz CT molecular complexity index is 953. The minimum Gasteiger partial charge on any atom is -0.496 e. The molecule has 0 saturated heterocycles. The highest BCUT2D eigenvalue weighted by Gasteiger charge is 2.34. The summed E-state index contributed by atoms with van der Waals surface area (Å²) in [5.41, 5.74) is 1.60. The molecule has 2 aromatic heterocycles. The van der Waals surface area contributed by atoms with Crippen LogP contribution in [0.5, 0.6) is 5.75 Å². The van der Waals surface area contributed by atoms with Crippen molar-refractivity contribution in [3.8, 4) is 5.75 Å². The first-order valence-corrected chi connectivity index (χ1v) is 9.60. The molecule has 0 aromatic carbocycles. The van der Waals surface area contributed by atoms with Crippen molar-refractivity contribution >= 4 is 29.1 Å². The fourth-order valence-electron chi connectivity index (χ4n) is 3.22. The van der Waals surface area contributed by atoms with Crippen LogP contribution < -0.4 is 9.64 Å². The molecule has 0 aliphatic heterocycles. The van der Waals surface area contributed by atoms with E-state index in [0.29, 0.717) is 17.0 Å². The first-order valence-electron chi connectivity index (χ1n) is 9.22. The largest absolute Gasteiger partial charge is 0.496 e. The monoisotopic (exact) mass is 437 g/mol. The summed E-state index contributed by atoms with van der Waals surface area (Å²) in [6, 6.07) is -1.09. The lowest BCUT2D eigenvalue weighted by Gasteiger charge is -2.31. The normalized spacial score (nSPS) is 12.0. The third-order valence-corrected chi connectivity index (χ3v) is 4.80. The number of anilines is 1. The van der Waals surface area contributed by atoms with Gasteiger partial charge in [-0.15, -0.1) is 0 Å². The fraction of sp³-hybridized carbons (Fsp3) is 0.474. The van der Waals surface area contributed by atoms with E-state index in [2.05, 4.69) is 15.0 Å². The summed E-state index contributed by atoms with van der Waals surface area (Å²) in [7, 11) is 1.53. The Kier molecular flexibility index (Phi) is 7.49. The molecule has 0 spiro atoms. The van der Waals surface area contributed by atoms with Gasteiger partial charge in [-0.25, -0.2) is 9.78 Å². The van der Waals surface area contributed by atoms with E-state index in [0.717, 1.165) is 11.8 Å². The summed E-state index contributed by atoms with van der Waals surface area (Å²) in [6.45, 7) is 7.34. The van der Waals surface area contributed by atoms with Crippen molar-refractivity contribution in [1.82, 2.24) is 15.0 Å². The Labute approximate surface area is 179 Å². The summed E-state index contributed by atoms with van der Waals surface area (Å²) in [5.74, 6) is -0.685. The number of carbonyl (C=O) groups is 1. The summed E-state index contributed by atoms with van der Waals surface area (Å²) >= 11 is 5.90. The topological polar surface area (TPSA) is 132 Å². The van der Waals surface area contributed by atoms with Gasteiger partial charge in [-0.1, -0.05) is 13.8 Å². The number of aromatic nitrogens is 3. The average Bonchev–Trinajstić information content (AvgIpc) is 2.65. The van der Waals surface area contributed by atoms with E-state index >= 15 is 0 Å². The van der Waals surface area contributed by atoms with Crippen molar-refractivity contribution in [2.24, 2.45) is 5.92 Å². The number of nitrogens with zero attached hydrogens (tertiary/aromatic N) is 5. The number of hydrogen-bond donors (Lipinski definition) is 1. The number of nitro groups is 1. The maximum absolute atomic E-state index is 12.1. The van der Waals surface area contributed by atoms with Crippen LogP contribution in [0.25, 0.3) is 0 Å². The number of methoxy groups -OCH3 is 1. The number of rotatable bonds is 9. The van der Waals surface area contributed by atoms with E-state index in [1.165, 1.54) is 12.0 Å². The van der Waals surface area contributed by atoms with Crippen molar-refractivity contribution in [3.63, 3.8) is 0 Å². The van der Waals surface area contributed by atoms with Crippen LogP contribution in [0.4, 0.5) is 11.5 Å². The Morgan fingerprint density at radius 3 is 2.53 bits per heavy atom. The molecule has 11 heteroatoms. The van der Waals surface area contributed by atoms with Crippen molar-refractivity contribution in [2.75, 3.05) is 12.0 Å². The van der Waals surface area contributed by atoms with E-state index in [-0.39, 0.29) is 30.0 Å². The quantitative estimate of drug-likeness (QED) is 0.355. The van der Waals surface area contributed by atoms with Gasteiger partial charge < -0.3 is 14.7 Å². The van der Waals surface area contributed by atoms with Gasteiger partial charge in [-0.05, 0) is 37.8 Å². The van der Waals surface area contributed by atoms with Crippen LogP contribution in [-0.4, -0.2) is 44.1 Å². The molecule has 0 bridgehead atoms. The van der Waals surface area contributed by atoms with E-state index < -0.39 is 22.6 Å². The fourth-order valence-corrected chi connectivity index (χ4v) is 3.35. The summed E-state index contributed by atoms with van der Waals surface area (Å²) in [5, 5.41) is 21.3. The molecule has 2 aromatic rings. The number of hydrogen-bond acceptors (Lipinski definition) is 8. The van der Waals surface area contributed by atoms with Gasteiger partial charge in [0.05, 0.1) is 24.3 Å². The molecule has 0 aliphatic rings. The van der Waals surface area contributed by atoms with E-state index in [1.807, 2.05) is 20.8 Å². The molecule has 0 radical (unpaired) electrons. The lowest BCUT2D eigenvalue weighted by atomic mass is 10.0. The Hall–Kier alpha value is -3.01. The Balaban J connectivity index is 2.68. The van der Waals surface area contributed by atoms with Gasteiger partial charge in [0.2, 0.25) is 11.1 Å². The molecular weight excluding hydrogens is 414 g/mol. The second-order valence-electron chi connectivity index (χ2n) is 7.26. The highest BCUT2D eigenvalue weighted by molar-refractivity contribution is 6.28. The van der Waals surface area contributed by atoms with Crippen LogP contribution >= 0.6 is 11.6 Å². The van der Waals surface area contributed by atoms with Gasteiger partial charge in [0, 0.05) is 17.3 Å². The lowest BCUT2D eigenvalue weighted by Crippen LogP contribution is -2.43. The molecule has 0 fully saturated rings. The predicted octanol–water partition coefficient (Wildman–Crippen LogP) is 3.56. The standard InChI is InChI=1S/C19H24ClN5O5/c1-10(2)6-14(18(26)27)24(17-15(25(28)29)8-22-19(20)23-17)9-13-12(4)16(30-5)11(3)7-21-13/h7-8,10,14H,6,9H2,1-5H3,(H,26,27)/t14-/m1/s1. The van der Waals surface area contributed by atoms with Crippen molar-refractivity contribution < 1.29 is 19.6 Å². The van der Waals surface area contributed by atoms with Gasteiger partial charge in [0.25, 0.3) is 0 Å². The molecule has 2 heterocycles. The molecule has 30 heavy (non-hydrogen) atoms. The maximum atomic E-state index is 12.1. The van der Waals surface area contributed by atoms with Crippen molar-refractivity contribution in [3.05, 3.63) is 44.6 Å². The minimum absolute atomic E-state index is 0.00609. The van der Waals surface area contributed by atoms with E-state index in [4.69, 9.17) is 16.3 Å². The molecule has 2 rings (SSSR count). The minimum atomic E-state index is -1.13. The molecule has 0 saturated carbocycles. The molecule has 0 amide bonds. The van der Waals surface area contributed by atoms with Gasteiger partial charge >= 0.3 is 11.7 Å². The third-order valence-electron chi connectivity index (χ3n) is 4.62. The number of aliphatic carboxylic acids is 1. The van der Waals surface area contributed by atoms with Crippen LogP contribution in [0.15, 0.2) is 12.4 Å². The van der Waals surface area contributed by atoms with Gasteiger partial charge in [-0.3, -0.25) is 15.1 Å². The first-order chi connectivity index (χ1) is 14.1. The molecule has 162 valence electrons. The predicted molar refractivity (Wildman–Crippen MR) is 111 cm³/mol. The highest BCUT2D eigenvalue weighted by Crippen LogP contribution is 2.32. The molecular formula is C19H24ClN5O5. The van der Waals surface area contributed by atoms with Crippen LogP contribution in [-0.2, 0) is 11.3 Å². The van der Waals surface area contributed by atoms with E-state index in [9.17, 15) is 20.0 Å². The number of halogens is 1. The second kappa shape index (κ2) is 9.66. The Morgan fingerprint density at radius 2 is 2.00 bits per heavy atom. The zero-order chi connectivity index (χ0) is 22.6. The molecule has 0 unspecified atom stereocenters. The molecule has 0 aliphatic carbocycles. The van der Waals surface area contributed by atoms with E-state index in [1.54, 1.807) is 13.1 Å². The van der Waals surface area contributed by atoms with Gasteiger partial charge in [-0.2, -0.15) is 4.98 Å². The summed E-state index contributed by atoms with van der Waals surface area (Å²) < 4.78 is 5.43. The van der Waals surface area contributed by atoms with Gasteiger partial charge in [0.15, 0.2) is 0 Å². The van der Waals surface area contributed by atoms with Crippen molar-refractivity contribution in [2.45, 2.75) is 46.7 Å². The Morgan fingerprint density at radius 1 is 1.33 bits per heavy atom. The number of carboxylic acids is 1. The maximum Gasteiger partial charge on any atom is 0.329 e. The lowest BCUT2D eigenvalue weighted by molar-refractivity contribution is -0.384. The van der Waals surface area contributed by atoms with Crippen LogP contribution in [0.3, 0.4) is 0 Å².